The van der Waals surface area contributed by atoms with E-state index < -0.39 is 0 Å². The quantitative estimate of drug-likeness (QED) is 0.874. The standard InChI is InChI=1S/C17H28N2O3/c1-5-14(19-9-6-7-18-8-10-19)13-11-15(20-2)17(22-4)16(12-13)21-3/h11-12,14,18H,5-10H2,1-4H3. The Balaban J connectivity index is 2.35. The van der Waals surface area contributed by atoms with E-state index in [1.54, 1.807) is 21.3 Å². The highest BCUT2D eigenvalue weighted by Gasteiger charge is 2.23. The van der Waals surface area contributed by atoms with E-state index in [2.05, 4.69) is 29.3 Å². The Morgan fingerprint density at radius 2 is 1.73 bits per heavy atom. The molecule has 1 saturated heterocycles. The zero-order valence-corrected chi connectivity index (χ0v) is 14.1. The summed E-state index contributed by atoms with van der Waals surface area (Å²) in [5, 5.41) is 3.46. The number of hydrogen-bond acceptors (Lipinski definition) is 5. The first-order chi connectivity index (χ1) is 10.7. The fraction of sp³-hybridized carbons (Fsp3) is 0.647. The maximum atomic E-state index is 5.49. The summed E-state index contributed by atoms with van der Waals surface area (Å²) in [6, 6.07) is 4.52. The number of hydrogen-bond donors (Lipinski definition) is 1. The van der Waals surface area contributed by atoms with Gasteiger partial charge in [0.2, 0.25) is 5.75 Å². The summed E-state index contributed by atoms with van der Waals surface area (Å²) in [5.74, 6) is 2.10. The topological polar surface area (TPSA) is 43.0 Å². The normalized spacial score (nSPS) is 17.6. The molecular formula is C17H28N2O3. The third kappa shape index (κ3) is 3.65. The first-order valence-electron chi connectivity index (χ1n) is 7.99. The van der Waals surface area contributed by atoms with Crippen molar-refractivity contribution in [2.24, 2.45) is 0 Å². The molecule has 1 aliphatic heterocycles. The predicted octanol–water partition coefficient (Wildman–Crippen LogP) is 2.46. The van der Waals surface area contributed by atoms with Crippen LogP contribution in [0, 0.1) is 0 Å². The van der Waals surface area contributed by atoms with Crippen LogP contribution in [-0.2, 0) is 0 Å². The van der Waals surface area contributed by atoms with Crippen LogP contribution in [0.2, 0.25) is 0 Å². The summed E-state index contributed by atoms with van der Waals surface area (Å²) >= 11 is 0. The summed E-state index contributed by atoms with van der Waals surface area (Å²) in [7, 11) is 4.97. The van der Waals surface area contributed by atoms with Crippen LogP contribution in [0.15, 0.2) is 12.1 Å². The Labute approximate surface area is 133 Å². The predicted molar refractivity (Wildman–Crippen MR) is 88.2 cm³/mol. The van der Waals surface area contributed by atoms with Crippen molar-refractivity contribution in [1.82, 2.24) is 10.2 Å². The average molecular weight is 308 g/mol. The Hall–Kier alpha value is -1.46. The van der Waals surface area contributed by atoms with E-state index in [1.165, 1.54) is 12.0 Å². The van der Waals surface area contributed by atoms with Gasteiger partial charge in [-0.25, -0.2) is 0 Å². The van der Waals surface area contributed by atoms with E-state index in [0.29, 0.717) is 11.8 Å². The Bertz CT molecular complexity index is 446. The second kappa shape index (κ2) is 8.25. The third-order valence-electron chi connectivity index (χ3n) is 4.27. The molecule has 5 heteroatoms. The molecule has 1 atom stereocenters. The molecule has 0 amide bonds. The van der Waals surface area contributed by atoms with Crippen LogP contribution in [0.3, 0.4) is 0 Å². The van der Waals surface area contributed by atoms with Gasteiger partial charge in [-0.05, 0) is 37.1 Å². The van der Waals surface area contributed by atoms with Crippen molar-refractivity contribution < 1.29 is 14.2 Å². The largest absolute Gasteiger partial charge is 0.493 e. The highest BCUT2D eigenvalue weighted by atomic mass is 16.5. The first-order valence-corrected chi connectivity index (χ1v) is 7.99. The van der Waals surface area contributed by atoms with Gasteiger partial charge in [0.15, 0.2) is 11.5 Å². The van der Waals surface area contributed by atoms with Crippen molar-refractivity contribution in [2.75, 3.05) is 47.5 Å². The monoisotopic (exact) mass is 308 g/mol. The number of nitrogens with one attached hydrogen (secondary N) is 1. The van der Waals surface area contributed by atoms with Crippen molar-refractivity contribution in [1.29, 1.82) is 0 Å². The van der Waals surface area contributed by atoms with Crippen LogP contribution in [0.1, 0.15) is 31.4 Å². The van der Waals surface area contributed by atoms with E-state index in [4.69, 9.17) is 14.2 Å². The fourth-order valence-electron chi connectivity index (χ4n) is 3.18. The lowest BCUT2D eigenvalue weighted by Gasteiger charge is -2.30. The molecule has 1 aromatic rings. The molecule has 1 N–H and O–H groups in total. The third-order valence-corrected chi connectivity index (χ3v) is 4.27. The van der Waals surface area contributed by atoms with Gasteiger partial charge in [-0.2, -0.15) is 0 Å². The van der Waals surface area contributed by atoms with Gasteiger partial charge in [-0.3, -0.25) is 4.90 Å². The Morgan fingerprint density at radius 1 is 1.05 bits per heavy atom. The molecule has 1 unspecified atom stereocenters. The van der Waals surface area contributed by atoms with Crippen LogP contribution >= 0.6 is 0 Å². The molecule has 0 spiro atoms. The highest BCUT2D eigenvalue weighted by Crippen LogP contribution is 2.41. The minimum atomic E-state index is 0.369. The summed E-state index contributed by atoms with van der Waals surface area (Å²) < 4.78 is 16.4. The van der Waals surface area contributed by atoms with Crippen molar-refractivity contribution in [3.8, 4) is 17.2 Å². The van der Waals surface area contributed by atoms with Gasteiger partial charge in [-0.15, -0.1) is 0 Å². The molecular weight excluding hydrogens is 280 g/mol. The van der Waals surface area contributed by atoms with Crippen molar-refractivity contribution in [2.45, 2.75) is 25.8 Å². The molecule has 1 aromatic carbocycles. The summed E-state index contributed by atoms with van der Waals surface area (Å²) in [6.07, 6.45) is 2.24. The van der Waals surface area contributed by atoms with Crippen LogP contribution in [0.5, 0.6) is 17.2 Å². The van der Waals surface area contributed by atoms with Gasteiger partial charge in [0.1, 0.15) is 0 Å². The van der Waals surface area contributed by atoms with Gasteiger partial charge in [0.05, 0.1) is 21.3 Å². The maximum absolute atomic E-state index is 5.49. The number of nitrogens with zero attached hydrogens (tertiary/aromatic N) is 1. The summed E-state index contributed by atoms with van der Waals surface area (Å²) in [6.45, 7) is 6.55. The molecule has 22 heavy (non-hydrogen) atoms. The molecule has 1 aliphatic rings. The molecule has 0 saturated carbocycles. The summed E-state index contributed by atoms with van der Waals surface area (Å²) in [5.41, 5.74) is 1.22. The lowest BCUT2D eigenvalue weighted by Crippen LogP contribution is -2.32. The van der Waals surface area contributed by atoms with Crippen molar-refractivity contribution in [3.05, 3.63) is 17.7 Å². The molecule has 0 radical (unpaired) electrons. The van der Waals surface area contributed by atoms with E-state index in [1.807, 2.05) is 0 Å². The minimum Gasteiger partial charge on any atom is -0.493 e. The number of ether oxygens (including phenoxy) is 3. The average Bonchev–Trinajstić information content (AvgIpc) is 2.83. The van der Waals surface area contributed by atoms with E-state index in [9.17, 15) is 0 Å². The maximum Gasteiger partial charge on any atom is 0.203 e. The van der Waals surface area contributed by atoms with E-state index in [0.717, 1.165) is 44.1 Å². The van der Waals surface area contributed by atoms with E-state index in [-0.39, 0.29) is 0 Å². The molecule has 1 heterocycles. The first kappa shape index (κ1) is 16.9. The zero-order valence-electron chi connectivity index (χ0n) is 14.1. The molecule has 2 rings (SSSR count). The second-order valence-corrected chi connectivity index (χ2v) is 5.52. The van der Waals surface area contributed by atoms with Gasteiger partial charge >= 0.3 is 0 Å². The highest BCUT2D eigenvalue weighted by molar-refractivity contribution is 5.54. The van der Waals surface area contributed by atoms with Gasteiger partial charge in [0, 0.05) is 25.7 Å². The SMILES string of the molecule is CCC(c1cc(OC)c(OC)c(OC)c1)N1CCCNCC1. The zero-order chi connectivity index (χ0) is 15.9. The molecule has 0 aromatic heterocycles. The van der Waals surface area contributed by atoms with Gasteiger partial charge < -0.3 is 19.5 Å². The lowest BCUT2D eigenvalue weighted by molar-refractivity contribution is 0.204. The van der Waals surface area contributed by atoms with Crippen LogP contribution in [-0.4, -0.2) is 52.4 Å². The lowest BCUT2D eigenvalue weighted by atomic mass is 10.0. The van der Waals surface area contributed by atoms with Crippen LogP contribution in [0.25, 0.3) is 0 Å². The number of rotatable bonds is 6. The molecule has 0 bridgehead atoms. The second-order valence-electron chi connectivity index (χ2n) is 5.52. The van der Waals surface area contributed by atoms with Crippen molar-refractivity contribution >= 4 is 0 Å². The fourth-order valence-corrected chi connectivity index (χ4v) is 3.18. The smallest absolute Gasteiger partial charge is 0.203 e. The van der Waals surface area contributed by atoms with Gasteiger partial charge in [-0.1, -0.05) is 6.92 Å². The molecule has 5 nitrogen and oxygen atoms in total. The Morgan fingerprint density at radius 3 is 2.27 bits per heavy atom. The minimum absolute atomic E-state index is 0.369. The van der Waals surface area contributed by atoms with Crippen LogP contribution < -0.4 is 19.5 Å². The number of benzene rings is 1. The molecule has 124 valence electrons. The number of methoxy groups -OCH3 is 3. The Kier molecular flexibility index (Phi) is 6.34. The summed E-state index contributed by atoms with van der Waals surface area (Å²) in [4.78, 5) is 2.54. The van der Waals surface area contributed by atoms with E-state index >= 15 is 0 Å². The van der Waals surface area contributed by atoms with Crippen molar-refractivity contribution in [3.63, 3.8) is 0 Å². The molecule has 0 aliphatic carbocycles. The molecule has 1 fully saturated rings. The van der Waals surface area contributed by atoms with Gasteiger partial charge in [0.25, 0.3) is 0 Å². The van der Waals surface area contributed by atoms with Crippen LogP contribution in [0.4, 0.5) is 0 Å².